The van der Waals surface area contributed by atoms with Crippen molar-refractivity contribution in [3.05, 3.63) is 70.2 Å². The molecule has 1 N–H and O–H groups in total. The van der Waals surface area contributed by atoms with Crippen LogP contribution in [-0.2, 0) is 17.1 Å². The lowest BCUT2D eigenvalue weighted by atomic mass is 10.2. The molecule has 0 fully saturated rings. The second kappa shape index (κ2) is 8.15. The highest BCUT2D eigenvalue weighted by atomic mass is 35.5. The standard InChI is InChI=1S/C16H14ClF2NOS/c17-14-2-1-3-15(19)13(14)9-22-10-16(21)20-8-11-4-6-12(18)7-5-11/h1-7H,8-10H2,(H,20,21). The molecule has 0 saturated carbocycles. The van der Waals surface area contributed by atoms with E-state index in [2.05, 4.69) is 5.32 Å². The van der Waals surface area contributed by atoms with E-state index in [1.807, 2.05) is 0 Å². The second-order valence-corrected chi connectivity index (χ2v) is 5.99. The van der Waals surface area contributed by atoms with Crippen LogP contribution in [0.15, 0.2) is 42.5 Å². The number of hydrogen-bond donors (Lipinski definition) is 1. The molecule has 0 aliphatic rings. The van der Waals surface area contributed by atoms with Crippen LogP contribution in [-0.4, -0.2) is 11.7 Å². The first-order valence-corrected chi connectivity index (χ1v) is 8.11. The second-order valence-electron chi connectivity index (χ2n) is 4.60. The molecule has 0 unspecified atom stereocenters. The molecular weight excluding hydrogens is 328 g/mol. The van der Waals surface area contributed by atoms with Gasteiger partial charge in [0.1, 0.15) is 11.6 Å². The van der Waals surface area contributed by atoms with E-state index >= 15 is 0 Å². The highest BCUT2D eigenvalue weighted by Crippen LogP contribution is 2.23. The molecule has 22 heavy (non-hydrogen) atoms. The quantitative estimate of drug-likeness (QED) is 0.854. The lowest BCUT2D eigenvalue weighted by molar-refractivity contribution is -0.118. The Balaban J connectivity index is 1.75. The van der Waals surface area contributed by atoms with Gasteiger partial charge in [0.25, 0.3) is 0 Å². The smallest absolute Gasteiger partial charge is 0.230 e. The Hall–Kier alpha value is -1.59. The molecule has 2 aromatic rings. The Labute approximate surface area is 136 Å². The first-order valence-electron chi connectivity index (χ1n) is 6.58. The maximum Gasteiger partial charge on any atom is 0.230 e. The lowest BCUT2D eigenvalue weighted by Crippen LogP contribution is -2.24. The molecule has 2 nitrogen and oxygen atoms in total. The van der Waals surface area contributed by atoms with Crippen molar-refractivity contribution in [3.63, 3.8) is 0 Å². The highest BCUT2D eigenvalue weighted by molar-refractivity contribution is 7.99. The zero-order valence-electron chi connectivity index (χ0n) is 11.6. The summed E-state index contributed by atoms with van der Waals surface area (Å²) in [4.78, 5) is 11.7. The first kappa shape index (κ1) is 16.8. The minimum atomic E-state index is -0.369. The van der Waals surface area contributed by atoms with Gasteiger partial charge in [-0.05, 0) is 29.8 Å². The Morgan fingerprint density at radius 2 is 1.86 bits per heavy atom. The molecule has 0 radical (unpaired) electrons. The van der Waals surface area contributed by atoms with Gasteiger partial charge >= 0.3 is 0 Å². The average Bonchev–Trinajstić information content (AvgIpc) is 2.50. The van der Waals surface area contributed by atoms with Crippen LogP contribution < -0.4 is 5.32 Å². The zero-order valence-corrected chi connectivity index (χ0v) is 13.2. The van der Waals surface area contributed by atoms with Crippen molar-refractivity contribution in [2.24, 2.45) is 0 Å². The molecule has 0 bridgehead atoms. The largest absolute Gasteiger partial charge is 0.351 e. The van der Waals surface area contributed by atoms with E-state index in [0.29, 0.717) is 22.9 Å². The van der Waals surface area contributed by atoms with E-state index in [0.717, 1.165) is 5.56 Å². The fraction of sp³-hybridized carbons (Fsp3) is 0.188. The van der Waals surface area contributed by atoms with Crippen molar-refractivity contribution < 1.29 is 13.6 Å². The van der Waals surface area contributed by atoms with Crippen molar-refractivity contribution in [1.29, 1.82) is 0 Å². The van der Waals surface area contributed by atoms with Gasteiger partial charge in [0.15, 0.2) is 0 Å². The maximum absolute atomic E-state index is 13.5. The molecule has 1 amide bonds. The van der Waals surface area contributed by atoms with E-state index in [1.165, 1.54) is 30.0 Å². The highest BCUT2D eigenvalue weighted by Gasteiger charge is 2.08. The summed E-state index contributed by atoms with van der Waals surface area (Å²) in [6.07, 6.45) is 0. The van der Waals surface area contributed by atoms with Gasteiger partial charge < -0.3 is 5.32 Å². The van der Waals surface area contributed by atoms with Gasteiger partial charge in [-0.1, -0.05) is 29.8 Å². The number of hydrogen-bond acceptors (Lipinski definition) is 2. The summed E-state index contributed by atoms with van der Waals surface area (Å²) in [5.41, 5.74) is 1.22. The summed E-state index contributed by atoms with van der Waals surface area (Å²) in [6, 6.07) is 10.4. The van der Waals surface area contributed by atoms with Gasteiger partial charge in [0.05, 0.1) is 5.75 Å². The summed E-state index contributed by atoms with van der Waals surface area (Å²) in [7, 11) is 0. The molecule has 6 heteroatoms. The molecule has 0 aromatic heterocycles. The molecule has 0 aliphatic heterocycles. The van der Waals surface area contributed by atoms with Crippen molar-refractivity contribution in [1.82, 2.24) is 5.32 Å². The topological polar surface area (TPSA) is 29.1 Å². The van der Waals surface area contributed by atoms with E-state index in [9.17, 15) is 13.6 Å². The Morgan fingerprint density at radius 1 is 1.14 bits per heavy atom. The fourth-order valence-corrected chi connectivity index (χ4v) is 2.97. The summed E-state index contributed by atoms with van der Waals surface area (Å²) in [5.74, 6) is -0.317. The Bertz CT molecular complexity index is 629. The molecule has 0 aliphatic carbocycles. The minimum absolute atomic E-state index is 0.165. The third-order valence-electron chi connectivity index (χ3n) is 2.94. The molecule has 116 valence electrons. The molecule has 2 rings (SSSR count). The summed E-state index contributed by atoms with van der Waals surface area (Å²) < 4.78 is 26.3. The Kier molecular flexibility index (Phi) is 6.21. The van der Waals surface area contributed by atoms with Crippen LogP contribution in [0.25, 0.3) is 0 Å². The van der Waals surface area contributed by atoms with Gasteiger partial charge in [-0.3, -0.25) is 4.79 Å². The molecule has 0 heterocycles. The van der Waals surface area contributed by atoms with Crippen LogP contribution in [0, 0.1) is 11.6 Å². The number of carbonyl (C=O) groups is 1. The third-order valence-corrected chi connectivity index (χ3v) is 4.26. The van der Waals surface area contributed by atoms with Crippen molar-refractivity contribution in [2.75, 3.05) is 5.75 Å². The number of amides is 1. The van der Waals surface area contributed by atoms with E-state index in [4.69, 9.17) is 11.6 Å². The number of rotatable bonds is 6. The van der Waals surface area contributed by atoms with Crippen LogP contribution in [0.5, 0.6) is 0 Å². The molecule has 0 atom stereocenters. The van der Waals surface area contributed by atoms with Gasteiger partial charge in [0, 0.05) is 22.9 Å². The minimum Gasteiger partial charge on any atom is -0.351 e. The Morgan fingerprint density at radius 3 is 2.55 bits per heavy atom. The normalized spacial score (nSPS) is 10.5. The van der Waals surface area contributed by atoms with E-state index in [1.54, 1.807) is 24.3 Å². The van der Waals surface area contributed by atoms with Crippen molar-refractivity contribution in [2.45, 2.75) is 12.3 Å². The third kappa shape index (κ3) is 5.00. The number of benzene rings is 2. The average molecular weight is 342 g/mol. The zero-order chi connectivity index (χ0) is 15.9. The van der Waals surface area contributed by atoms with Crippen LogP contribution in [0.4, 0.5) is 8.78 Å². The number of halogens is 3. The molecule has 0 saturated heterocycles. The van der Waals surface area contributed by atoms with E-state index < -0.39 is 0 Å². The summed E-state index contributed by atoms with van der Waals surface area (Å²) in [6.45, 7) is 0.333. The fourth-order valence-electron chi connectivity index (χ4n) is 1.77. The van der Waals surface area contributed by atoms with Crippen LogP contribution in [0.1, 0.15) is 11.1 Å². The first-order chi connectivity index (χ1) is 10.6. The number of carbonyl (C=O) groups excluding carboxylic acids is 1. The SMILES string of the molecule is O=C(CSCc1c(F)cccc1Cl)NCc1ccc(F)cc1. The van der Waals surface area contributed by atoms with Crippen LogP contribution in [0.2, 0.25) is 5.02 Å². The van der Waals surface area contributed by atoms with E-state index in [-0.39, 0.29) is 23.3 Å². The van der Waals surface area contributed by atoms with Crippen molar-refractivity contribution in [3.8, 4) is 0 Å². The number of thioether (sulfide) groups is 1. The summed E-state index contributed by atoms with van der Waals surface area (Å²) >= 11 is 7.20. The predicted octanol–water partition coefficient (Wildman–Crippen LogP) is 4.17. The molecular formula is C16H14ClF2NOS. The molecule has 2 aromatic carbocycles. The predicted molar refractivity (Wildman–Crippen MR) is 85.8 cm³/mol. The summed E-state index contributed by atoms with van der Waals surface area (Å²) in [5, 5.41) is 3.09. The van der Waals surface area contributed by atoms with Gasteiger partial charge in [-0.2, -0.15) is 0 Å². The molecule has 0 spiro atoms. The van der Waals surface area contributed by atoms with Crippen LogP contribution in [0.3, 0.4) is 0 Å². The lowest BCUT2D eigenvalue weighted by Gasteiger charge is -2.07. The monoisotopic (exact) mass is 341 g/mol. The van der Waals surface area contributed by atoms with Gasteiger partial charge in [0.2, 0.25) is 5.91 Å². The number of nitrogens with one attached hydrogen (secondary N) is 1. The van der Waals surface area contributed by atoms with Crippen LogP contribution >= 0.6 is 23.4 Å². The van der Waals surface area contributed by atoms with Crippen molar-refractivity contribution >= 4 is 29.3 Å². The van der Waals surface area contributed by atoms with Gasteiger partial charge in [-0.25, -0.2) is 8.78 Å². The van der Waals surface area contributed by atoms with Gasteiger partial charge in [-0.15, -0.1) is 11.8 Å². The maximum atomic E-state index is 13.5.